The lowest BCUT2D eigenvalue weighted by atomic mass is 10.2. The van der Waals surface area contributed by atoms with Crippen LogP contribution in [0.4, 0.5) is 21.8 Å². The Morgan fingerprint density at radius 1 is 1.24 bits per heavy atom. The van der Waals surface area contributed by atoms with Crippen molar-refractivity contribution in [2.75, 3.05) is 23.3 Å². The van der Waals surface area contributed by atoms with Crippen molar-refractivity contribution in [3.05, 3.63) is 41.8 Å². The van der Waals surface area contributed by atoms with Crippen LogP contribution in [0.15, 0.2) is 30.5 Å². The molecule has 0 spiro atoms. The maximum Gasteiger partial charge on any atom is 0.224 e. The van der Waals surface area contributed by atoms with Gasteiger partial charge in [-0.15, -0.1) is 0 Å². The number of halogens is 1. The Bertz CT molecular complexity index is 601. The molecule has 0 atom stereocenters. The molecule has 0 amide bonds. The highest BCUT2D eigenvalue weighted by Gasteiger charge is 2.16. The van der Waals surface area contributed by atoms with E-state index < -0.39 is 5.82 Å². The first kappa shape index (κ1) is 15.2. The van der Waals surface area contributed by atoms with E-state index in [-0.39, 0.29) is 0 Å². The molecule has 2 rings (SSSR count). The molecule has 0 fully saturated rings. The molecule has 4 nitrogen and oxygen atoms in total. The average Bonchev–Trinajstić information content (AvgIpc) is 2.50. The van der Waals surface area contributed by atoms with E-state index >= 15 is 0 Å². The normalized spacial score (nSPS) is 10.5. The molecule has 5 heteroatoms. The lowest BCUT2D eigenvalue weighted by molar-refractivity contribution is 0.611. The molecule has 0 unspecified atom stereocenters. The van der Waals surface area contributed by atoms with Crippen LogP contribution in [-0.4, -0.2) is 23.1 Å². The number of hydrogen-bond donors (Lipinski definition) is 1. The topological polar surface area (TPSA) is 41.1 Å². The van der Waals surface area contributed by atoms with Gasteiger partial charge in [-0.2, -0.15) is 4.98 Å². The minimum atomic E-state index is -0.415. The molecular formula is C16H21FN4. The van der Waals surface area contributed by atoms with E-state index in [9.17, 15) is 4.39 Å². The summed E-state index contributed by atoms with van der Waals surface area (Å²) in [5.74, 6) is 0.350. The number of para-hydroxylation sites is 1. The monoisotopic (exact) mass is 288 g/mol. The molecule has 0 aliphatic heterocycles. The summed E-state index contributed by atoms with van der Waals surface area (Å²) >= 11 is 0. The Hall–Kier alpha value is -2.17. The van der Waals surface area contributed by atoms with Crippen LogP contribution in [0.1, 0.15) is 25.8 Å². The van der Waals surface area contributed by atoms with Crippen molar-refractivity contribution in [3.8, 4) is 0 Å². The first-order valence-corrected chi connectivity index (χ1v) is 7.27. The van der Waals surface area contributed by atoms with Gasteiger partial charge >= 0.3 is 0 Å². The van der Waals surface area contributed by atoms with Crippen molar-refractivity contribution in [2.45, 2.75) is 27.2 Å². The first-order valence-electron chi connectivity index (χ1n) is 7.27. The fraction of sp³-hybridized carbons (Fsp3) is 0.375. The number of rotatable bonds is 6. The predicted octanol–water partition coefficient (Wildman–Crippen LogP) is 3.90. The van der Waals surface area contributed by atoms with Gasteiger partial charge in [0.25, 0.3) is 0 Å². The van der Waals surface area contributed by atoms with Crippen molar-refractivity contribution in [2.24, 2.45) is 0 Å². The van der Waals surface area contributed by atoms with Gasteiger partial charge in [0, 0.05) is 18.8 Å². The molecule has 1 heterocycles. The van der Waals surface area contributed by atoms with Crippen LogP contribution in [0, 0.1) is 12.7 Å². The van der Waals surface area contributed by atoms with E-state index in [1.165, 1.54) is 6.20 Å². The molecule has 1 aromatic heterocycles. The van der Waals surface area contributed by atoms with Gasteiger partial charge in [0.15, 0.2) is 11.6 Å². The summed E-state index contributed by atoms with van der Waals surface area (Å²) in [5, 5.41) is 3.09. The quantitative estimate of drug-likeness (QED) is 0.875. The molecule has 0 saturated carbocycles. The molecule has 0 aliphatic rings. The Morgan fingerprint density at radius 3 is 2.67 bits per heavy atom. The second-order valence-corrected chi connectivity index (χ2v) is 4.82. The van der Waals surface area contributed by atoms with E-state index in [4.69, 9.17) is 0 Å². The number of nitrogens with zero attached hydrogens (tertiary/aromatic N) is 3. The Balaban J connectivity index is 2.40. The second-order valence-electron chi connectivity index (χ2n) is 4.82. The maximum atomic E-state index is 14.2. The summed E-state index contributed by atoms with van der Waals surface area (Å²) in [4.78, 5) is 10.2. The van der Waals surface area contributed by atoms with E-state index in [0.717, 1.165) is 24.2 Å². The number of aromatic nitrogens is 2. The van der Waals surface area contributed by atoms with Gasteiger partial charge < -0.3 is 10.2 Å². The van der Waals surface area contributed by atoms with Crippen molar-refractivity contribution >= 4 is 17.5 Å². The highest BCUT2D eigenvalue weighted by Crippen LogP contribution is 2.28. The summed E-state index contributed by atoms with van der Waals surface area (Å²) in [6.07, 6.45) is 2.19. The lowest BCUT2D eigenvalue weighted by Crippen LogP contribution is -2.21. The average molecular weight is 288 g/mol. The fourth-order valence-corrected chi connectivity index (χ4v) is 2.17. The highest BCUT2D eigenvalue weighted by atomic mass is 19.1. The highest BCUT2D eigenvalue weighted by molar-refractivity contribution is 5.64. The van der Waals surface area contributed by atoms with Gasteiger partial charge in [-0.05, 0) is 31.9 Å². The van der Waals surface area contributed by atoms with Gasteiger partial charge in [-0.3, -0.25) is 0 Å². The third kappa shape index (κ3) is 3.48. The smallest absolute Gasteiger partial charge is 0.224 e. The molecule has 0 radical (unpaired) electrons. The van der Waals surface area contributed by atoms with E-state index in [1.807, 2.05) is 43.0 Å². The van der Waals surface area contributed by atoms with Crippen LogP contribution < -0.4 is 10.2 Å². The summed E-state index contributed by atoms with van der Waals surface area (Å²) in [6.45, 7) is 7.44. The van der Waals surface area contributed by atoms with Crippen LogP contribution in [0.5, 0.6) is 0 Å². The van der Waals surface area contributed by atoms with Gasteiger partial charge in [-0.1, -0.05) is 25.1 Å². The lowest BCUT2D eigenvalue weighted by Gasteiger charge is -2.24. The molecule has 2 aromatic rings. The summed E-state index contributed by atoms with van der Waals surface area (Å²) < 4.78 is 14.2. The van der Waals surface area contributed by atoms with Crippen molar-refractivity contribution in [3.63, 3.8) is 0 Å². The number of anilines is 3. The maximum absolute atomic E-state index is 14.2. The first-order chi connectivity index (χ1) is 10.2. The van der Waals surface area contributed by atoms with Crippen molar-refractivity contribution in [1.29, 1.82) is 0 Å². The fourth-order valence-electron chi connectivity index (χ4n) is 2.17. The standard InChI is InChI=1S/C16H21FN4/c1-4-10-18-16-19-11-13(17)15(20-16)21(5-2)14-9-7-6-8-12(14)3/h6-9,11H,4-5,10H2,1-3H3,(H,18,19,20). The SMILES string of the molecule is CCCNc1ncc(F)c(N(CC)c2ccccc2C)n1. The molecular weight excluding hydrogens is 267 g/mol. The Kier molecular flexibility index (Phi) is 5.09. The molecule has 1 N–H and O–H groups in total. The number of benzene rings is 1. The summed E-state index contributed by atoms with van der Waals surface area (Å²) in [7, 11) is 0. The third-order valence-electron chi connectivity index (χ3n) is 3.24. The molecule has 1 aromatic carbocycles. The number of hydrogen-bond acceptors (Lipinski definition) is 4. The van der Waals surface area contributed by atoms with Gasteiger partial charge in [0.05, 0.1) is 6.20 Å². The Morgan fingerprint density at radius 2 is 2.00 bits per heavy atom. The molecule has 0 aliphatic carbocycles. The second kappa shape index (κ2) is 7.02. The van der Waals surface area contributed by atoms with Crippen LogP contribution >= 0.6 is 0 Å². The zero-order valence-corrected chi connectivity index (χ0v) is 12.7. The predicted molar refractivity (Wildman–Crippen MR) is 84.6 cm³/mol. The summed E-state index contributed by atoms with van der Waals surface area (Å²) in [6, 6.07) is 7.89. The van der Waals surface area contributed by atoms with Crippen molar-refractivity contribution in [1.82, 2.24) is 9.97 Å². The van der Waals surface area contributed by atoms with E-state index in [0.29, 0.717) is 18.3 Å². The molecule has 0 bridgehead atoms. The molecule has 112 valence electrons. The van der Waals surface area contributed by atoms with Gasteiger partial charge in [-0.25, -0.2) is 9.37 Å². The summed E-state index contributed by atoms with van der Waals surface area (Å²) in [5.41, 5.74) is 2.04. The van der Waals surface area contributed by atoms with Crippen molar-refractivity contribution < 1.29 is 4.39 Å². The van der Waals surface area contributed by atoms with Crippen LogP contribution in [0.2, 0.25) is 0 Å². The zero-order chi connectivity index (χ0) is 15.2. The zero-order valence-electron chi connectivity index (χ0n) is 12.7. The number of nitrogens with one attached hydrogen (secondary N) is 1. The van der Waals surface area contributed by atoms with E-state index in [1.54, 1.807) is 0 Å². The molecule has 21 heavy (non-hydrogen) atoms. The minimum Gasteiger partial charge on any atom is -0.354 e. The van der Waals surface area contributed by atoms with E-state index in [2.05, 4.69) is 22.2 Å². The van der Waals surface area contributed by atoms with Crippen LogP contribution in [0.3, 0.4) is 0 Å². The van der Waals surface area contributed by atoms with Crippen LogP contribution in [0.25, 0.3) is 0 Å². The number of aryl methyl sites for hydroxylation is 1. The minimum absolute atomic E-state index is 0.306. The van der Waals surface area contributed by atoms with Gasteiger partial charge in [0.1, 0.15) is 0 Å². The largest absolute Gasteiger partial charge is 0.354 e. The molecule has 0 saturated heterocycles. The van der Waals surface area contributed by atoms with Gasteiger partial charge in [0.2, 0.25) is 5.95 Å². The third-order valence-corrected chi connectivity index (χ3v) is 3.24. The Labute approximate surface area is 125 Å². The van der Waals surface area contributed by atoms with Crippen LogP contribution in [-0.2, 0) is 0 Å².